The Balaban J connectivity index is 1.52. The zero-order chi connectivity index (χ0) is 19.3. The summed E-state index contributed by atoms with van der Waals surface area (Å²) in [5.74, 6) is 0.695. The van der Waals surface area contributed by atoms with Gasteiger partial charge in [0.25, 0.3) is 11.8 Å². The van der Waals surface area contributed by atoms with Gasteiger partial charge >= 0.3 is 0 Å². The van der Waals surface area contributed by atoms with Gasteiger partial charge in [-0.05, 0) is 35.7 Å². The molecule has 6 nitrogen and oxygen atoms in total. The van der Waals surface area contributed by atoms with Crippen LogP contribution in [-0.2, 0) is 0 Å². The van der Waals surface area contributed by atoms with Crippen molar-refractivity contribution in [3.05, 3.63) is 70.4 Å². The first-order valence-electron chi connectivity index (χ1n) is 8.84. The Bertz CT molecular complexity index is 1000. The Labute approximate surface area is 166 Å². The van der Waals surface area contributed by atoms with Crippen molar-refractivity contribution in [2.45, 2.75) is 6.42 Å². The van der Waals surface area contributed by atoms with E-state index in [-0.39, 0.29) is 11.8 Å². The molecule has 142 valence electrons. The summed E-state index contributed by atoms with van der Waals surface area (Å²) in [6, 6.07) is 13.9. The standard InChI is InChI=1S/C21H18N2O4S/c24-20(14-8-11-28-13-14)23-17-5-2-1-4-16(17)21(25)22-15-6-7-18-19(12-15)27-10-3-9-26-18/h1-2,4-8,11-13H,3,9-10H2,(H,22,25)(H,23,24). The van der Waals surface area contributed by atoms with E-state index in [2.05, 4.69) is 10.6 Å². The smallest absolute Gasteiger partial charge is 0.257 e. The van der Waals surface area contributed by atoms with Crippen molar-refractivity contribution < 1.29 is 19.1 Å². The number of fused-ring (bicyclic) bond motifs is 1. The second kappa shape index (κ2) is 8.14. The van der Waals surface area contributed by atoms with Crippen LogP contribution in [0.3, 0.4) is 0 Å². The van der Waals surface area contributed by atoms with Crippen LogP contribution in [0.5, 0.6) is 11.5 Å². The Kier molecular flexibility index (Phi) is 5.25. The minimum atomic E-state index is -0.323. The molecule has 0 saturated heterocycles. The maximum absolute atomic E-state index is 12.8. The topological polar surface area (TPSA) is 76.7 Å². The quantitative estimate of drug-likeness (QED) is 0.687. The minimum Gasteiger partial charge on any atom is -0.490 e. The molecule has 2 N–H and O–H groups in total. The molecule has 0 atom stereocenters. The van der Waals surface area contributed by atoms with Crippen LogP contribution in [0.15, 0.2) is 59.3 Å². The molecule has 1 aliphatic heterocycles. The first-order valence-corrected chi connectivity index (χ1v) is 9.78. The van der Waals surface area contributed by atoms with Crippen LogP contribution >= 0.6 is 11.3 Å². The molecule has 0 unspecified atom stereocenters. The molecule has 2 amide bonds. The lowest BCUT2D eigenvalue weighted by Crippen LogP contribution is -2.18. The summed E-state index contributed by atoms with van der Waals surface area (Å²) in [5, 5.41) is 9.24. The van der Waals surface area contributed by atoms with Gasteiger partial charge in [-0.2, -0.15) is 11.3 Å². The molecule has 0 radical (unpaired) electrons. The lowest BCUT2D eigenvalue weighted by molar-refractivity contribution is 0.102. The molecular weight excluding hydrogens is 376 g/mol. The minimum absolute atomic E-state index is 0.253. The van der Waals surface area contributed by atoms with Crippen molar-refractivity contribution >= 4 is 34.5 Å². The average molecular weight is 394 g/mol. The van der Waals surface area contributed by atoms with Crippen molar-refractivity contribution in [1.82, 2.24) is 0 Å². The molecule has 3 aromatic rings. The fraction of sp³-hybridized carbons (Fsp3) is 0.143. The van der Waals surface area contributed by atoms with E-state index in [1.807, 2.05) is 5.38 Å². The highest BCUT2D eigenvalue weighted by Gasteiger charge is 2.16. The maximum atomic E-state index is 12.8. The molecule has 0 spiro atoms. The number of benzene rings is 2. The predicted octanol–water partition coefficient (Wildman–Crippen LogP) is 4.41. The van der Waals surface area contributed by atoms with Crippen molar-refractivity contribution in [2.75, 3.05) is 23.8 Å². The van der Waals surface area contributed by atoms with E-state index in [1.165, 1.54) is 11.3 Å². The van der Waals surface area contributed by atoms with Gasteiger partial charge < -0.3 is 20.1 Å². The number of amides is 2. The Hall–Kier alpha value is -3.32. The summed E-state index contributed by atoms with van der Waals surface area (Å²) < 4.78 is 11.3. The van der Waals surface area contributed by atoms with E-state index in [9.17, 15) is 9.59 Å². The summed E-state index contributed by atoms with van der Waals surface area (Å²) in [6.07, 6.45) is 0.813. The Morgan fingerprint density at radius 3 is 2.54 bits per heavy atom. The van der Waals surface area contributed by atoms with Gasteiger partial charge in [0.05, 0.1) is 30.0 Å². The number of hydrogen-bond donors (Lipinski definition) is 2. The van der Waals surface area contributed by atoms with Gasteiger partial charge in [0.15, 0.2) is 11.5 Å². The molecule has 7 heteroatoms. The molecule has 28 heavy (non-hydrogen) atoms. The molecule has 0 saturated carbocycles. The number of para-hydroxylation sites is 1. The van der Waals surface area contributed by atoms with E-state index < -0.39 is 0 Å². The molecule has 4 rings (SSSR count). The largest absolute Gasteiger partial charge is 0.490 e. The van der Waals surface area contributed by atoms with Gasteiger partial charge in [-0.3, -0.25) is 9.59 Å². The number of carbonyl (C=O) groups is 2. The highest BCUT2D eigenvalue weighted by molar-refractivity contribution is 7.08. The van der Waals surface area contributed by atoms with Crippen molar-refractivity contribution in [3.63, 3.8) is 0 Å². The van der Waals surface area contributed by atoms with Crippen LogP contribution in [0.25, 0.3) is 0 Å². The monoisotopic (exact) mass is 394 g/mol. The summed E-state index contributed by atoms with van der Waals surface area (Å²) in [5.41, 5.74) is 1.97. The number of nitrogens with one attached hydrogen (secondary N) is 2. The Morgan fingerprint density at radius 1 is 0.893 bits per heavy atom. The third-order valence-electron chi connectivity index (χ3n) is 4.21. The molecule has 1 aromatic heterocycles. The van der Waals surface area contributed by atoms with Gasteiger partial charge in [-0.15, -0.1) is 0 Å². The fourth-order valence-electron chi connectivity index (χ4n) is 2.82. The number of carbonyl (C=O) groups excluding carboxylic acids is 2. The first kappa shape index (κ1) is 18.1. The fourth-order valence-corrected chi connectivity index (χ4v) is 3.45. The third-order valence-corrected chi connectivity index (χ3v) is 4.89. The molecule has 1 aliphatic rings. The molecule has 0 aliphatic carbocycles. The van der Waals surface area contributed by atoms with E-state index >= 15 is 0 Å². The second-order valence-electron chi connectivity index (χ2n) is 6.18. The number of rotatable bonds is 4. The molecule has 0 bridgehead atoms. The highest BCUT2D eigenvalue weighted by Crippen LogP contribution is 2.32. The molecule has 0 fully saturated rings. The van der Waals surface area contributed by atoms with Gasteiger partial charge in [0.2, 0.25) is 0 Å². The number of thiophene rings is 1. The van der Waals surface area contributed by atoms with Crippen LogP contribution in [0.1, 0.15) is 27.1 Å². The third kappa shape index (κ3) is 3.99. The molecule has 2 aromatic carbocycles. The van der Waals surface area contributed by atoms with Gasteiger partial charge in [0, 0.05) is 23.6 Å². The lowest BCUT2D eigenvalue weighted by atomic mass is 10.1. The summed E-state index contributed by atoms with van der Waals surface area (Å²) in [7, 11) is 0. The average Bonchev–Trinajstić information content (AvgIpc) is 3.15. The highest BCUT2D eigenvalue weighted by atomic mass is 32.1. The van der Waals surface area contributed by atoms with Gasteiger partial charge in [0.1, 0.15) is 0 Å². The predicted molar refractivity (Wildman–Crippen MR) is 109 cm³/mol. The van der Waals surface area contributed by atoms with Crippen molar-refractivity contribution in [3.8, 4) is 11.5 Å². The normalized spacial score (nSPS) is 12.7. The number of anilines is 2. The summed E-state index contributed by atoms with van der Waals surface area (Å²) in [6.45, 7) is 1.18. The summed E-state index contributed by atoms with van der Waals surface area (Å²) >= 11 is 1.44. The Morgan fingerprint density at radius 2 is 1.71 bits per heavy atom. The van der Waals surface area contributed by atoms with E-state index in [0.717, 1.165) is 6.42 Å². The van der Waals surface area contributed by atoms with E-state index in [4.69, 9.17) is 9.47 Å². The van der Waals surface area contributed by atoms with Crippen LogP contribution in [0, 0.1) is 0 Å². The SMILES string of the molecule is O=C(Nc1ccccc1C(=O)Nc1ccc2c(c1)OCCCO2)c1ccsc1. The van der Waals surface area contributed by atoms with E-state index in [0.29, 0.717) is 47.2 Å². The lowest BCUT2D eigenvalue weighted by Gasteiger charge is -2.13. The second-order valence-corrected chi connectivity index (χ2v) is 6.96. The number of ether oxygens (including phenoxy) is 2. The van der Waals surface area contributed by atoms with Gasteiger partial charge in [-0.1, -0.05) is 12.1 Å². The van der Waals surface area contributed by atoms with Gasteiger partial charge in [-0.25, -0.2) is 0 Å². The zero-order valence-electron chi connectivity index (χ0n) is 14.9. The van der Waals surface area contributed by atoms with Crippen molar-refractivity contribution in [1.29, 1.82) is 0 Å². The van der Waals surface area contributed by atoms with Crippen LogP contribution in [0.2, 0.25) is 0 Å². The molecule has 2 heterocycles. The van der Waals surface area contributed by atoms with E-state index in [1.54, 1.807) is 53.9 Å². The van der Waals surface area contributed by atoms with Crippen LogP contribution in [0.4, 0.5) is 11.4 Å². The zero-order valence-corrected chi connectivity index (χ0v) is 15.8. The first-order chi connectivity index (χ1) is 13.7. The van der Waals surface area contributed by atoms with Crippen molar-refractivity contribution in [2.24, 2.45) is 0 Å². The van der Waals surface area contributed by atoms with Crippen LogP contribution < -0.4 is 20.1 Å². The maximum Gasteiger partial charge on any atom is 0.257 e. The number of hydrogen-bond acceptors (Lipinski definition) is 5. The summed E-state index contributed by atoms with van der Waals surface area (Å²) in [4.78, 5) is 25.1. The van der Waals surface area contributed by atoms with Crippen LogP contribution in [-0.4, -0.2) is 25.0 Å². The molecular formula is C21H18N2O4S.